The van der Waals surface area contributed by atoms with Gasteiger partial charge in [0.25, 0.3) is 5.56 Å². The first-order chi connectivity index (χ1) is 7.63. The van der Waals surface area contributed by atoms with Crippen LogP contribution in [0.2, 0.25) is 0 Å². The van der Waals surface area contributed by atoms with Crippen LogP contribution in [0.15, 0.2) is 35.3 Å². The Balaban J connectivity index is 2.30. The molecule has 0 spiro atoms. The molecule has 4 nitrogen and oxygen atoms in total. The lowest BCUT2D eigenvalue weighted by molar-refractivity contribution is 1.12. The minimum Gasteiger partial charge on any atom is -0.326 e. The Morgan fingerprint density at radius 2 is 1.88 bits per heavy atom. The first kappa shape index (κ1) is 10.4. The van der Waals surface area contributed by atoms with Crippen molar-refractivity contribution < 1.29 is 0 Å². The van der Waals surface area contributed by atoms with E-state index in [1.165, 1.54) is 23.4 Å². The van der Waals surface area contributed by atoms with E-state index in [0.29, 0.717) is 5.95 Å². The molecule has 0 amide bonds. The van der Waals surface area contributed by atoms with E-state index < -0.39 is 0 Å². The number of anilines is 2. The van der Waals surface area contributed by atoms with Crippen molar-refractivity contribution in [1.29, 1.82) is 0 Å². The zero-order chi connectivity index (χ0) is 11.5. The summed E-state index contributed by atoms with van der Waals surface area (Å²) in [7, 11) is 0. The van der Waals surface area contributed by atoms with Gasteiger partial charge in [0.15, 0.2) is 0 Å². The van der Waals surface area contributed by atoms with Gasteiger partial charge in [-0.1, -0.05) is 6.07 Å². The van der Waals surface area contributed by atoms with Crippen LogP contribution < -0.4 is 10.9 Å². The molecule has 0 aliphatic rings. The second-order valence-electron chi connectivity index (χ2n) is 3.78. The van der Waals surface area contributed by atoms with Gasteiger partial charge in [-0.15, -0.1) is 0 Å². The topological polar surface area (TPSA) is 57.8 Å². The van der Waals surface area contributed by atoms with Gasteiger partial charge in [0.05, 0.1) is 0 Å². The molecule has 1 heterocycles. The third-order valence-corrected chi connectivity index (χ3v) is 2.16. The molecule has 82 valence electrons. The number of aryl methyl sites for hydroxylation is 2. The number of hydrogen-bond donors (Lipinski definition) is 2. The Morgan fingerprint density at radius 1 is 1.19 bits per heavy atom. The fourth-order valence-electron chi connectivity index (χ4n) is 1.62. The minimum atomic E-state index is -0.165. The zero-order valence-electron chi connectivity index (χ0n) is 9.24. The Morgan fingerprint density at radius 3 is 2.50 bits per heavy atom. The normalized spacial score (nSPS) is 10.1. The molecule has 0 saturated heterocycles. The highest BCUT2D eigenvalue weighted by molar-refractivity contribution is 5.55. The highest BCUT2D eigenvalue weighted by atomic mass is 16.1. The standard InChI is InChI=1S/C12H13N3O/c1-8-5-9(2)7-10(6-8)14-12-13-4-3-11(16)15-12/h3-7H,1-2H3,(H2,13,14,15,16). The maximum absolute atomic E-state index is 11.1. The molecule has 0 radical (unpaired) electrons. The van der Waals surface area contributed by atoms with Gasteiger partial charge in [-0.2, -0.15) is 0 Å². The zero-order valence-corrected chi connectivity index (χ0v) is 9.24. The van der Waals surface area contributed by atoms with Gasteiger partial charge in [0, 0.05) is 18.0 Å². The van der Waals surface area contributed by atoms with Crippen LogP contribution in [-0.4, -0.2) is 9.97 Å². The largest absolute Gasteiger partial charge is 0.326 e. The molecule has 1 aromatic carbocycles. The lowest BCUT2D eigenvalue weighted by Crippen LogP contribution is -2.08. The van der Waals surface area contributed by atoms with Crippen LogP contribution in [0.3, 0.4) is 0 Å². The number of H-pyrrole nitrogens is 1. The lowest BCUT2D eigenvalue weighted by atomic mass is 10.1. The summed E-state index contributed by atoms with van der Waals surface area (Å²) in [6.45, 7) is 4.05. The smallest absolute Gasteiger partial charge is 0.252 e. The van der Waals surface area contributed by atoms with Crippen molar-refractivity contribution >= 4 is 11.6 Å². The molecular weight excluding hydrogens is 202 g/mol. The Labute approximate surface area is 93.4 Å². The Hall–Kier alpha value is -2.10. The summed E-state index contributed by atoms with van der Waals surface area (Å²) in [5.41, 5.74) is 3.09. The van der Waals surface area contributed by atoms with Crippen molar-refractivity contribution in [3.63, 3.8) is 0 Å². The highest BCUT2D eigenvalue weighted by Crippen LogP contribution is 2.16. The summed E-state index contributed by atoms with van der Waals surface area (Å²) >= 11 is 0. The number of aromatic amines is 1. The number of aromatic nitrogens is 2. The third kappa shape index (κ3) is 2.48. The van der Waals surface area contributed by atoms with Crippen LogP contribution in [0.5, 0.6) is 0 Å². The Kier molecular flexibility index (Phi) is 2.72. The average Bonchev–Trinajstić information content (AvgIpc) is 2.15. The number of hydrogen-bond acceptors (Lipinski definition) is 3. The van der Waals surface area contributed by atoms with Gasteiger partial charge in [-0.25, -0.2) is 4.98 Å². The monoisotopic (exact) mass is 215 g/mol. The number of nitrogens with one attached hydrogen (secondary N) is 2. The molecule has 0 fully saturated rings. The lowest BCUT2D eigenvalue weighted by Gasteiger charge is -2.06. The summed E-state index contributed by atoms with van der Waals surface area (Å²) in [6, 6.07) is 7.47. The predicted octanol–water partition coefficient (Wildman–Crippen LogP) is 2.13. The van der Waals surface area contributed by atoms with Crippen molar-refractivity contribution in [3.05, 3.63) is 51.9 Å². The maximum Gasteiger partial charge on any atom is 0.252 e. The fraction of sp³-hybridized carbons (Fsp3) is 0.167. The molecule has 1 aromatic heterocycles. The van der Waals surface area contributed by atoms with E-state index in [2.05, 4.69) is 21.4 Å². The SMILES string of the molecule is Cc1cc(C)cc(Nc2nccc(=O)[nH]2)c1. The quantitative estimate of drug-likeness (QED) is 0.806. The summed E-state index contributed by atoms with van der Waals surface area (Å²) in [5.74, 6) is 0.456. The fourth-order valence-corrected chi connectivity index (χ4v) is 1.62. The molecule has 0 aliphatic carbocycles. The van der Waals surface area contributed by atoms with Crippen molar-refractivity contribution in [2.24, 2.45) is 0 Å². The maximum atomic E-state index is 11.1. The van der Waals surface area contributed by atoms with E-state index in [4.69, 9.17) is 0 Å². The van der Waals surface area contributed by atoms with E-state index in [-0.39, 0.29) is 5.56 Å². The van der Waals surface area contributed by atoms with Gasteiger partial charge in [0.1, 0.15) is 0 Å². The molecule has 0 saturated carbocycles. The molecule has 0 bridgehead atoms. The van der Waals surface area contributed by atoms with Crippen LogP contribution in [0.25, 0.3) is 0 Å². The van der Waals surface area contributed by atoms with Gasteiger partial charge >= 0.3 is 0 Å². The van der Waals surface area contributed by atoms with Crippen LogP contribution in [0.4, 0.5) is 11.6 Å². The van der Waals surface area contributed by atoms with E-state index >= 15 is 0 Å². The summed E-state index contributed by atoms with van der Waals surface area (Å²) in [4.78, 5) is 17.7. The van der Waals surface area contributed by atoms with Crippen molar-refractivity contribution in [1.82, 2.24) is 9.97 Å². The van der Waals surface area contributed by atoms with E-state index in [0.717, 1.165) is 5.69 Å². The number of benzene rings is 1. The number of rotatable bonds is 2. The summed E-state index contributed by atoms with van der Waals surface area (Å²) in [6.07, 6.45) is 1.48. The first-order valence-corrected chi connectivity index (χ1v) is 5.04. The van der Waals surface area contributed by atoms with Crippen LogP contribution in [-0.2, 0) is 0 Å². The van der Waals surface area contributed by atoms with E-state index in [1.54, 1.807) is 0 Å². The summed E-state index contributed by atoms with van der Waals surface area (Å²) in [5, 5.41) is 3.06. The predicted molar refractivity (Wildman–Crippen MR) is 64.1 cm³/mol. The molecule has 0 unspecified atom stereocenters. The first-order valence-electron chi connectivity index (χ1n) is 5.04. The van der Waals surface area contributed by atoms with Gasteiger partial charge in [-0.05, 0) is 37.1 Å². The molecule has 2 N–H and O–H groups in total. The van der Waals surface area contributed by atoms with Crippen molar-refractivity contribution in [3.8, 4) is 0 Å². The Bertz CT molecular complexity index is 540. The van der Waals surface area contributed by atoms with Gasteiger partial charge < -0.3 is 5.32 Å². The van der Waals surface area contributed by atoms with Crippen LogP contribution in [0, 0.1) is 13.8 Å². The highest BCUT2D eigenvalue weighted by Gasteiger charge is 1.98. The molecule has 2 rings (SSSR count). The molecular formula is C12H13N3O. The number of nitrogens with zero attached hydrogens (tertiary/aromatic N) is 1. The minimum absolute atomic E-state index is 0.165. The van der Waals surface area contributed by atoms with Crippen LogP contribution in [0.1, 0.15) is 11.1 Å². The van der Waals surface area contributed by atoms with Crippen molar-refractivity contribution in [2.45, 2.75) is 13.8 Å². The molecule has 0 aliphatic heterocycles. The van der Waals surface area contributed by atoms with E-state index in [1.807, 2.05) is 26.0 Å². The van der Waals surface area contributed by atoms with E-state index in [9.17, 15) is 4.79 Å². The molecule has 4 heteroatoms. The van der Waals surface area contributed by atoms with Gasteiger partial charge in [-0.3, -0.25) is 9.78 Å². The second-order valence-corrected chi connectivity index (χ2v) is 3.78. The van der Waals surface area contributed by atoms with Crippen LogP contribution >= 0.6 is 0 Å². The summed E-state index contributed by atoms with van der Waals surface area (Å²) < 4.78 is 0. The second kappa shape index (κ2) is 4.18. The van der Waals surface area contributed by atoms with Gasteiger partial charge in [0.2, 0.25) is 5.95 Å². The molecule has 16 heavy (non-hydrogen) atoms. The molecule has 2 aromatic rings. The average molecular weight is 215 g/mol. The molecule has 0 atom stereocenters. The third-order valence-electron chi connectivity index (χ3n) is 2.16. The van der Waals surface area contributed by atoms with Crippen molar-refractivity contribution in [2.75, 3.05) is 5.32 Å².